The molecule has 2 aromatic rings. The molecule has 1 aromatic heterocycles. The van der Waals surface area contributed by atoms with Gasteiger partial charge >= 0.3 is 0 Å². The van der Waals surface area contributed by atoms with Gasteiger partial charge in [-0.1, -0.05) is 27.5 Å². The third kappa shape index (κ3) is 2.97. The number of hydrogen-bond donors (Lipinski definition) is 1. The first kappa shape index (κ1) is 12.4. The van der Waals surface area contributed by atoms with E-state index in [2.05, 4.69) is 20.9 Å². The minimum absolute atomic E-state index is 0.324. The second-order valence-corrected chi connectivity index (χ2v) is 4.65. The zero-order valence-electron chi connectivity index (χ0n) is 8.86. The van der Waals surface area contributed by atoms with Gasteiger partial charge in [-0.2, -0.15) is 0 Å². The average molecular weight is 314 g/mol. The summed E-state index contributed by atoms with van der Waals surface area (Å²) in [6, 6.07) is 9.03. The van der Waals surface area contributed by atoms with E-state index < -0.39 is 0 Å². The molecule has 0 aliphatic heterocycles. The molecular formula is C12H10BrClN2O. The van der Waals surface area contributed by atoms with Crippen molar-refractivity contribution < 1.29 is 4.74 Å². The second-order valence-electron chi connectivity index (χ2n) is 3.33. The lowest BCUT2D eigenvalue weighted by molar-refractivity contribution is 0.473. The van der Waals surface area contributed by atoms with Crippen molar-refractivity contribution in [3.8, 4) is 11.5 Å². The smallest absolute Gasteiger partial charge is 0.150 e. The van der Waals surface area contributed by atoms with Crippen molar-refractivity contribution in [2.45, 2.75) is 6.54 Å². The molecule has 3 nitrogen and oxygen atoms in total. The first-order valence-electron chi connectivity index (χ1n) is 4.97. The topological polar surface area (TPSA) is 48.1 Å². The molecule has 1 aromatic carbocycles. The number of halogens is 2. The molecule has 2 rings (SSSR count). The van der Waals surface area contributed by atoms with Crippen molar-refractivity contribution in [1.29, 1.82) is 0 Å². The Balaban J connectivity index is 2.31. The number of aromatic nitrogens is 1. The zero-order chi connectivity index (χ0) is 12.3. The quantitative estimate of drug-likeness (QED) is 0.939. The van der Waals surface area contributed by atoms with Crippen LogP contribution in [0.15, 0.2) is 41.0 Å². The SMILES string of the molecule is NCc1ncccc1Oc1ccc(Br)cc1Cl. The van der Waals surface area contributed by atoms with Crippen LogP contribution < -0.4 is 10.5 Å². The third-order valence-corrected chi connectivity index (χ3v) is 2.94. The summed E-state index contributed by atoms with van der Waals surface area (Å²) in [7, 11) is 0. The van der Waals surface area contributed by atoms with E-state index in [0.717, 1.165) is 4.47 Å². The molecule has 2 N–H and O–H groups in total. The number of nitrogens with two attached hydrogens (primary N) is 1. The first-order chi connectivity index (χ1) is 8.20. The number of hydrogen-bond acceptors (Lipinski definition) is 3. The van der Waals surface area contributed by atoms with Gasteiger partial charge in [-0.25, -0.2) is 0 Å². The highest BCUT2D eigenvalue weighted by atomic mass is 79.9. The molecule has 0 fully saturated rings. The second kappa shape index (κ2) is 5.49. The fourth-order valence-electron chi connectivity index (χ4n) is 1.35. The first-order valence-corrected chi connectivity index (χ1v) is 6.14. The average Bonchev–Trinajstić information content (AvgIpc) is 2.33. The predicted octanol–water partition coefficient (Wildman–Crippen LogP) is 3.75. The van der Waals surface area contributed by atoms with E-state index in [1.807, 2.05) is 12.1 Å². The Labute approximate surface area is 113 Å². The van der Waals surface area contributed by atoms with E-state index in [0.29, 0.717) is 28.8 Å². The maximum atomic E-state index is 6.07. The maximum absolute atomic E-state index is 6.07. The Morgan fingerprint density at radius 1 is 1.29 bits per heavy atom. The van der Waals surface area contributed by atoms with Gasteiger partial charge in [0.2, 0.25) is 0 Å². The Morgan fingerprint density at radius 2 is 2.12 bits per heavy atom. The van der Waals surface area contributed by atoms with Crippen LogP contribution in [0.1, 0.15) is 5.69 Å². The number of pyridine rings is 1. The van der Waals surface area contributed by atoms with Gasteiger partial charge in [0, 0.05) is 17.2 Å². The van der Waals surface area contributed by atoms with E-state index in [-0.39, 0.29) is 0 Å². The Morgan fingerprint density at radius 3 is 2.82 bits per heavy atom. The van der Waals surface area contributed by atoms with Gasteiger partial charge < -0.3 is 10.5 Å². The van der Waals surface area contributed by atoms with Crippen LogP contribution in [0.3, 0.4) is 0 Å². The van der Waals surface area contributed by atoms with E-state index in [1.165, 1.54) is 0 Å². The Kier molecular flexibility index (Phi) is 3.99. The van der Waals surface area contributed by atoms with Crippen LogP contribution in [0, 0.1) is 0 Å². The Bertz CT molecular complexity index is 534. The fourth-order valence-corrected chi connectivity index (χ4v) is 2.06. The molecule has 0 aliphatic carbocycles. The zero-order valence-corrected chi connectivity index (χ0v) is 11.2. The number of ether oxygens (including phenoxy) is 1. The molecular weight excluding hydrogens is 304 g/mol. The van der Waals surface area contributed by atoms with E-state index in [1.54, 1.807) is 24.4 Å². The highest BCUT2D eigenvalue weighted by Gasteiger charge is 2.07. The molecule has 0 saturated carbocycles. The Hall–Kier alpha value is -1.10. The molecule has 0 saturated heterocycles. The summed E-state index contributed by atoms with van der Waals surface area (Å²) in [5.41, 5.74) is 6.28. The minimum atomic E-state index is 0.324. The van der Waals surface area contributed by atoms with Crippen LogP contribution in [0.5, 0.6) is 11.5 Å². The van der Waals surface area contributed by atoms with Crippen LogP contribution in [0.2, 0.25) is 5.02 Å². The minimum Gasteiger partial charge on any atom is -0.454 e. The standard InChI is InChI=1S/C12H10BrClN2O/c13-8-3-4-11(9(14)6-8)17-12-2-1-5-16-10(12)7-15/h1-6H,7,15H2. The lowest BCUT2D eigenvalue weighted by Crippen LogP contribution is -2.01. The summed E-state index contributed by atoms with van der Waals surface area (Å²) in [5, 5.41) is 0.534. The summed E-state index contributed by atoms with van der Waals surface area (Å²) in [5.74, 6) is 1.21. The number of rotatable bonds is 3. The third-order valence-electron chi connectivity index (χ3n) is 2.16. The molecule has 0 aliphatic rings. The van der Waals surface area contributed by atoms with E-state index in [4.69, 9.17) is 22.1 Å². The van der Waals surface area contributed by atoms with Crippen molar-refractivity contribution >= 4 is 27.5 Å². The molecule has 0 spiro atoms. The van der Waals surface area contributed by atoms with E-state index in [9.17, 15) is 0 Å². The molecule has 88 valence electrons. The van der Waals surface area contributed by atoms with Gasteiger partial charge in [0.15, 0.2) is 0 Å². The normalized spacial score (nSPS) is 10.3. The van der Waals surface area contributed by atoms with Crippen LogP contribution in [-0.4, -0.2) is 4.98 Å². The van der Waals surface area contributed by atoms with Crippen molar-refractivity contribution in [3.63, 3.8) is 0 Å². The van der Waals surface area contributed by atoms with Crippen molar-refractivity contribution in [1.82, 2.24) is 4.98 Å². The monoisotopic (exact) mass is 312 g/mol. The summed E-state index contributed by atoms with van der Waals surface area (Å²) in [6.07, 6.45) is 1.68. The van der Waals surface area contributed by atoms with Crippen molar-refractivity contribution in [2.24, 2.45) is 5.73 Å². The fraction of sp³-hybridized carbons (Fsp3) is 0.0833. The highest BCUT2D eigenvalue weighted by Crippen LogP contribution is 2.32. The van der Waals surface area contributed by atoms with Crippen LogP contribution in [-0.2, 0) is 6.54 Å². The lowest BCUT2D eigenvalue weighted by atomic mass is 10.3. The molecule has 0 amide bonds. The molecule has 0 radical (unpaired) electrons. The number of nitrogens with zero attached hydrogens (tertiary/aromatic N) is 1. The molecule has 0 unspecified atom stereocenters. The van der Waals surface area contributed by atoms with Crippen LogP contribution in [0.4, 0.5) is 0 Å². The van der Waals surface area contributed by atoms with Gasteiger partial charge in [0.25, 0.3) is 0 Å². The van der Waals surface area contributed by atoms with Crippen LogP contribution in [0.25, 0.3) is 0 Å². The largest absolute Gasteiger partial charge is 0.454 e. The highest BCUT2D eigenvalue weighted by molar-refractivity contribution is 9.10. The van der Waals surface area contributed by atoms with Gasteiger partial charge in [-0.15, -0.1) is 0 Å². The summed E-state index contributed by atoms with van der Waals surface area (Å²) >= 11 is 9.41. The van der Waals surface area contributed by atoms with E-state index >= 15 is 0 Å². The van der Waals surface area contributed by atoms with Gasteiger partial charge in [-0.3, -0.25) is 4.98 Å². The molecule has 1 heterocycles. The van der Waals surface area contributed by atoms with Crippen LogP contribution >= 0.6 is 27.5 Å². The maximum Gasteiger partial charge on any atom is 0.150 e. The molecule has 0 bridgehead atoms. The molecule has 5 heteroatoms. The number of benzene rings is 1. The van der Waals surface area contributed by atoms with Gasteiger partial charge in [0.1, 0.15) is 11.5 Å². The summed E-state index contributed by atoms with van der Waals surface area (Å²) < 4.78 is 6.59. The summed E-state index contributed by atoms with van der Waals surface area (Å²) in [6.45, 7) is 0.324. The molecule has 0 atom stereocenters. The van der Waals surface area contributed by atoms with Crippen molar-refractivity contribution in [2.75, 3.05) is 0 Å². The molecule has 17 heavy (non-hydrogen) atoms. The predicted molar refractivity (Wildman–Crippen MR) is 71.4 cm³/mol. The summed E-state index contributed by atoms with van der Waals surface area (Å²) in [4.78, 5) is 4.14. The lowest BCUT2D eigenvalue weighted by Gasteiger charge is -2.10. The van der Waals surface area contributed by atoms with Gasteiger partial charge in [-0.05, 0) is 30.3 Å². The van der Waals surface area contributed by atoms with Crippen molar-refractivity contribution in [3.05, 3.63) is 51.7 Å². The van der Waals surface area contributed by atoms with Gasteiger partial charge in [0.05, 0.1) is 10.7 Å².